The van der Waals surface area contributed by atoms with Crippen LogP contribution in [0.1, 0.15) is 23.6 Å². The van der Waals surface area contributed by atoms with Gasteiger partial charge < -0.3 is 15.6 Å². The van der Waals surface area contributed by atoms with Crippen LogP contribution >= 0.6 is 24.0 Å². The lowest BCUT2D eigenvalue weighted by atomic mass is 10.1. The minimum atomic E-state index is 0. The summed E-state index contributed by atoms with van der Waals surface area (Å²) in [6.07, 6.45) is 6.26. The number of nitrogens with one attached hydrogen (secondary N) is 3. The minimum absolute atomic E-state index is 0. The summed E-state index contributed by atoms with van der Waals surface area (Å²) in [6, 6.07) is 14.7. The zero-order chi connectivity index (χ0) is 20.8. The van der Waals surface area contributed by atoms with Crippen molar-refractivity contribution in [1.82, 2.24) is 30.4 Å². The Morgan fingerprint density at radius 1 is 1.13 bits per heavy atom. The quantitative estimate of drug-likeness (QED) is 0.192. The molecule has 0 saturated carbocycles. The predicted molar refractivity (Wildman–Crippen MR) is 136 cm³/mol. The molecule has 2 heterocycles. The Kier molecular flexibility index (Phi) is 8.05. The van der Waals surface area contributed by atoms with E-state index in [-0.39, 0.29) is 24.0 Å². The summed E-state index contributed by atoms with van der Waals surface area (Å²) in [5.41, 5.74) is 5.91. The number of hydrogen-bond acceptors (Lipinski definition) is 3. The van der Waals surface area contributed by atoms with Gasteiger partial charge in [-0.1, -0.05) is 24.3 Å². The summed E-state index contributed by atoms with van der Waals surface area (Å²) in [6.45, 7) is 6.44. The van der Waals surface area contributed by atoms with Crippen molar-refractivity contribution in [2.75, 3.05) is 13.1 Å². The molecule has 0 fully saturated rings. The molecule has 0 unspecified atom stereocenters. The SMILES string of the molecule is CCNC(=NCc1ccc(-n2cncn2)cc1)NCCc1c[nH]c2cc(C)ccc12.I. The summed E-state index contributed by atoms with van der Waals surface area (Å²) < 4.78 is 1.74. The molecular formula is C23H28IN7. The predicted octanol–water partition coefficient (Wildman–Crippen LogP) is 3.97. The van der Waals surface area contributed by atoms with E-state index in [4.69, 9.17) is 4.99 Å². The van der Waals surface area contributed by atoms with Crippen molar-refractivity contribution in [1.29, 1.82) is 0 Å². The maximum Gasteiger partial charge on any atom is 0.191 e. The monoisotopic (exact) mass is 529 g/mol. The van der Waals surface area contributed by atoms with Crippen molar-refractivity contribution in [3.05, 3.63) is 78.0 Å². The van der Waals surface area contributed by atoms with Gasteiger partial charge in [0.2, 0.25) is 0 Å². The van der Waals surface area contributed by atoms with Crippen LogP contribution in [-0.4, -0.2) is 38.8 Å². The number of halogens is 1. The molecule has 2 aromatic carbocycles. The number of hydrogen-bond donors (Lipinski definition) is 3. The van der Waals surface area contributed by atoms with Crippen LogP contribution in [0.4, 0.5) is 0 Å². The molecule has 0 aliphatic heterocycles. The Morgan fingerprint density at radius 2 is 1.97 bits per heavy atom. The molecule has 4 aromatic rings. The van der Waals surface area contributed by atoms with Crippen LogP contribution in [0.15, 0.2) is 66.3 Å². The highest BCUT2D eigenvalue weighted by atomic mass is 127. The lowest BCUT2D eigenvalue weighted by molar-refractivity contribution is 0.801. The Balaban J connectivity index is 0.00000272. The molecule has 0 aliphatic rings. The lowest BCUT2D eigenvalue weighted by Gasteiger charge is -2.11. The Hall–Kier alpha value is -2.88. The van der Waals surface area contributed by atoms with E-state index >= 15 is 0 Å². The van der Waals surface area contributed by atoms with E-state index < -0.39 is 0 Å². The first-order chi connectivity index (χ1) is 14.7. The smallest absolute Gasteiger partial charge is 0.191 e. The number of benzene rings is 2. The fourth-order valence-corrected chi connectivity index (χ4v) is 3.43. The third-order valence-electron chi connectivity index (χ3n) is 4.99. The topological polar surface area (TPSA) is 82.9 Å². The highest BCUT2D eigenvalue weighted by Crippen LogP contribution is 2.19. The van der Waals surface area contributed by atoms with Gasteiger partial charge in [0, 0.05) is 30.2 Å². The van der Waals surface area contributed by atoms with Crippen LogP contribution in [-0.2, 0) is 13.0 Å². The van der Waals surface area contributed by atoms with Crippen LogP contribution in [0, 0.1) is 6.92 Å². The molecule has 0 radical (unpaired) electrons. The molecule has 2 aromatic heterocycles. The molecule has 3 N–H and O–H groups in total. The summed E-state index contributed by atoms with van der Waals surface area (Å²) in [7, 11) is 0. The Bertz CT molecular complexity index is 1110. The Labute approximate surface area is 199 Å². The number of aryl methyl sites for hydroxylation is 1. The number of guanidine groups is 1. The van der Waals surface area contributed by atoms with Crippen LogP contribution in [0.2, 0.25) is 0 Å². The highest BCUT2D eigenvalue weighted by molar-refractivity contribution is 14.0. The largest absolute Gasteiger partial charge is 0.361 e. The van der Waals surface area contributed by atoms with E-state index in [0.717, 1.165) is 36.7 Å². The maximum atomic E-state index is 4.72. The number of H-pyrrole nitrogens is 1. The molecule has 31 heavy (non-hydrogen) atoms. The lowest BCUT2D eigenvalue weighted by Crippen LogP contribution is -2.38. The van der Waals surface area contributed by atoms with Gasteiger partial charge in [-0.15, -0.1) is 24.0 Å². The summed E-state index contributed by atoms with van der Waals surface area (Å²) in [5, 5.41) is 12.2. The zero-order valence-corrected chi connectivity index (χ0v) is 20.1. The molecule has 8 heteroatoms. The first-order valence-corrected chi connectivity index (χ1v) is 10.3. The van der Waals surface area contributed by atoms with Gasteiger partial charge in [0.05, 0.1) is 12.2 Å². The first-order valence-electron chi connectivity index (χ1n) is 10.3. The van der Waals surface area contributed by atoms with Crippen LogP contribution < -0.4 is 10.6 Å². The van der Waals surface area contributed by atoms with E-state index in [1.807, 2.05) is 12.1 Å². The number of nitrogens with zero attached hydrogens (tertiary/aromatic N) is 4. The second-order valence-corrected chi connectivity index (χ2v) is 7.24. The standard InChI is InChI=1S/C23H27N7.HI/c1-3-25-23(26-11-10-19-14-27-22-12-17(2)4-9-21(19)22)28-13-18-5-7-20(8-6-18)30-16-24-15-29-30;/h4-9,12,14-16,27H,3,10-11,13H2,1-2H3,(H2,25,26,28);1H. The normalized spacial score (nSPS) is 11.4. The van der Waals surface area contributed by atoms with Gasteiger partial charge in [0.1, 0.15) is 12.7 Å². The molecule has 4 rings (SSSR count). The summed E-state index contributed by atoms with van der Waals surface area (Å²) in [4.78, 5) is 12.1. The average Bonchev–Trinajstić information content (AvgIpc) is 3.43. The summed E-state index contributed by atoms with van der Waals surface area (Å²) in [5.74, 6) is 0.827. The second-order valence-electron chi connectivity index (χ2n) is 7.24. The molecule has 0 amide bonds. The van der Waals surface area contributed by atoms with Crippen molar-refractivity contribution >= 4 is 40.8 Å². The van der Waals surface area contributed by atoms with Crippen LogP contribution in [0.5, 0.6) is 0 Å². The molecule has 7 nitrogen and oxygen atoms in total. The van der Waals surface area contributed by atoms with E-state index in [9.17, 15) is 0 Å². The molecule has 162 valence electrons. The van der Waals surface area contributed by atoms with Crippen molar-refractivity contribution in [2.24, 2.45) is 4.99 Å². The Morgan fingerprint density at radius 3 is 2.71 bits per heavy atom. The molecule has 0 bridgehead atoms. The maximum absolute atomic E-state index is 4.72. The molecular weight excluding hydrogens is 501 g/mol. The van der Waals surface area contributed by atoms with Gasteiger partial charge in [-0.05, 0) is 55.2 Å². The fraction of sp³-hybridized carbons (Fsp3) is 0.261. The van der Waals surface area contributed by atoms with E-state index in [0.29, 0.717) is 6.54 Å². The van der Waals surface area contributed by atoms with Gasteiger partial charge in [-0.3, -0.25) is 0 Å². The van der Waals surface area contributed by atoms with Crippen molar-refractivity contribution in [2.45, 2.75) is 26.8 Å². The first kappa shape index (κ1) is 22.8. The summed E-state index contributed by atoms with van der Waals surface area (Å²) >= 11 is 0. The van der Waals surface area contributed by atoms with Crippen molar-refractivity contribution in [3.8, 4) is 5.69 Å². The number of aromatic nitrogens is 4. The van der Waals surface area contributed by atoms with Gasteiger partial charge >= 0.3 is 0 Å². The zero-order valence-electron chi connectivity index (χ0n) is 17.8. The van der Waals surface area contributed by atoms with Crippen LogP contribution in [0.25, 0.3) is 16.6 Å². The fourth-order valence-electron chi connectivity index (χ4n) is 3.43. The van der Waals surface area contributed by atoms with E-state index in [2.05, 4.69) is 76.1 Å². The highest BCUT2D eigenvalue weighted by Gasteiger charge is 2.05. The van der Waals surface area contributed by atoms with Gasteiger partial charge in [-0.25, -0.2) is 14.7 Å². The van der Waals surface area contributed by atoms with Crippen molar-refractivity contribution in [3.63, 3.8) is 0 Å². The average molecular weight is 529 g/mol. The number of aliphatic imine (C=N–C) groups is 1. The van der Waals surface area contributed by atoms with Crippen LogP contribution in [0.3, 0.4) is 0 Å². The number of aromatic amines is 1. The second kappa shape index (κ2) is 10.9. The third-order valence-corrected chi connectivity index (χ3v) is 4.99. The van der Waals surface area contributed by atoms with Gasteiger partial charge in [0.15, 0.2) is 5.96 Å². The van der Waals surface area contributed by atoms with Gasteiger partial charge in [0.25, 0.3) is 0 Å². The minimum Gasteiger partial charge on any atom is -0.361 e. The molecule has 0 spiro atoms. The van der Waals surface area contributed by atoms with Gasteiger partial charge in [-0.2, -0.15) is 5.10 Å². The molecule has 0 atom stereocenters. The number of fused-ring (bicyclic) bond motifs is 1. The van der Waals surface area contributed by atoms with E-state index in [1.165, 1.54) is 28.4 Å². The van der Waals surface area contributed by atoms with Crippen molar-refractivity contribution < 1.29 is 0 Å². The third kappa shape index (κ3) is 5.84. The molecule has 0 saturated heterocycles. The number of rotatable bonds is 7. The molecule has 0 aliphatic carbocycles. The van der Waals surface area contributed by atoms with E-state index in [1.54, 1.807) is 11.0 Å².